The lowest BCUT2D eigenvalue weighted by molar-refractivity contribution is 0.396. The van der Waals surface area contributed by atoms with E-state index in [0.29, 0.717) is 11.6 Å². The molecule has 1 aromatic heterocycles. The fraction of sp³-hybridized carbons (Fsp3) is 0.667. The number of fused-ring (bicyclic) bond motifs is 1. The van der Waals surface area contributed by atoms with E-state index in [4.69, 9.17) is 11.5 Å². The molecule has 1 aromatic rings. The van der Waals surface area contributed by atoms with E-state index in [-0.39, 0.29) is 18.3 Å². The van der Waals surface area contributed by atoms with E-state index in [0.717, 1.165) is 17.8 Å². The summed E-state index contributed by atoms with van der Waals surface area (Å²) >= 11 is 0. The van der Waals surface area contributed by atoms with E-state index in [9.17, 15) is 0 Å². The van der Waals surface area contributed by atoms with Gasteiger partial charge in [-0.2, -0.15) is 0 Å². The maximum Gasteiger partial charge on any atom is 0.166 e. The lowest BCUT2D eigenvalue weighted by Gasteiger charge is -2.21. The van der Waals surface area contributed by atoms with Crippen molar-refractivity contribution in [2.24, 2.45) is 0 Å². The average Bonchev–Trinajstić information content (AvgIpc) is 2.21. The van der Waals surface area contributed by atoms with Crippen LogP contribution in [0.2, 0.25) is 0 Å². The third-order valence-electron chi connectivity index (χ3n) is 3.12. The monoisotopic (exact) mass is 222 g/mol. The molecule has 0 atom stereocenters. The fourth-order valence-electron chi connectivity index (χ4n) is 2.68. The van der Waals surface area contributed by atoms with Crippen LogP contribution in [0.25, 0.3) is 0 Å². The molecule has 0 saturated carbocycles. The van der Waals surface area contributed by atoms with Gasteiger partial charge in [-0.25, -0.2) is 9.97 Å². The standard InChI is InChI=1S/C11H18N4.CH4/c1-10(2)5-11(3,4)7-6(10)14-8(12)9(13)15-7;/h5H2,1-4H3,(H2,12,14)(H2,13,15);1H4. The molecule has 0 aromatic carbocycles. The minimum absolute atomic E-state index is 0. The lowest BCUT2D eigenvalue weighted by atomic mass is 9.83. The van der Waals surface area contributed by atoms with Gasteiger partial charge in [-0.3, -0.25) is 0 Å². The van der Waals surface area contributed by atoms with Gasteiger partial charge in [-0.1, -0.05) is 35.1 Å². The maximum atomic E-state index is 5.70. The fourth-order valence-corrected chi connectivity index (χ4v) is 2.68. The normalized spacial score (nSPS) is 20.0. The zero-order valence-corrected chi connectivity index (χ0v) is 9.76. The summed E-state index contributed by atoms with van der Waals surface area (Å²) < 4.78 is 0. The molecule has 4 nitrogen and oxygen atoms in total. The first-order chi connectivity index (χ1) is 6.74. The Bertz CT molecular complexity index is 382. The molecule has 16 heavy (non-hydrogen) atoms. The van der Waals surface area contributed by atoms with Crippen molar-refractivity contribution >= 4 is 11.6 Å². The molecule has 1 heterocycles. The molecule has 0 fully saturated rings. The highest BCUT2D eigenvalue weighted by Crippen LogP contribution is 2.47. The quantitative estimate of drug-likeness (QED) is 0.705. The van der Waals surface area contributed by atoms with Gasteiger partial charge in [0.25, 0.3) is 0 Å². The lowest BCUT2D eigenvalue weighted by Crippen LogP contribution is -2.18. The van der Waals surface area contributed by atoms with Gasteiger partial charge in [0.05, 0.1) is 11.4 Å². The molecular formula is C12H22N4. The second-order valence-electron chi connectivity index (χ2n) is 5.64. The Kier molecular flexibility index (Phi) is 2.66. The van der Waals surface area contributed by atoms with Gasteiger partial charge in [0.2, 0.25) is 0 Å². The molecule has 0 aliphatic heterocycles. The Morgan fingerprint density at radius 1 is 0.875 bits per heavy atom. The highest BCUT2D eigenvalue weighted by Gasteiger charge is 2.44. The molecule has 0 radical (unpaired) electrons. The van der Waals surface area contributed by atoms with Crippen molar-refractivity contribution in [1.82, 2.24) is 9.97 Å². The Labute approximate surface area is 97.5 Å². The topological polar surface area (TPSA) is 77.8 Å². The van der Waals surface area contributed by atoms with Crippen LogP contribution in [0.15, 0.2) is 0 Å². The molecule has 0 unspecified atom stereocenters. The van der Waals surface area contributed by atoms with E-state index in [1.165, 1.54) is 0 Å². The first-order valence-corrected chi connectivity index (χ1v) is 5.18. The molecule has 90 valence electrons. The smallest absolute Gasteiger partial charge is 0.166 e. The predicted molar refractivity (Wildman–Crippen MR) is 68.3 cm³/mol. The van der Waals surface area contributed by atoms with Gasteiger partial charge in [0.1, 0.15) is 0 Å². The number of anilines is 2. The van der Waals surface area contributed by atoms with Crippen LogP contribution in [0.5, 0.6) is 0 Å². The summed E-state index contributed by atoms with van der Waals surface area (Å²) in [5.41, 5.74) is 13.5. The third kappa shape index (κ3) is 1.62. The third-order valence-corrected chi connectivity index (χ3v) is 3.12. The van der Waals surface area contributed by atoms with Crippen molar-refractivity contribution in [1.29, 1.82) is 0 Å². The van der Waals surface area contributed by atoms with Crippen LogP contribution >= 0.6 is 0 Å². The molecule has 0 bridgehead atoms. The largest absolute Gasteiger partial charge is 0.381 e. The molecule has 1 aliphatic rings. The van der Waals surface area contributed by atoms with Crippen LogP contribution in [0.4, 0.5) is 11.6 Å². The molecule has 0 spiro atoms. The van der Waals surface area contributed by atoms with Crippen molar-refractivity contribution in [2.45, 2.75) is 52.4 Å². The van der Waals surface area contributed by atoms with Crippen molar-refractivity contribution < 1.29 is 0 Å². The van der Waals surface area contributed by atoms with E-state index in [2.05, 4.69) is 37.7 Å². The van der Waals surface area contributed by atoms with Crippen LogP contribution in [0, 0.1) is 0 Å². The van der Waals surface area contributed by atoms with Crippen molar-refractivity contribution in [2.75, 3.05) is 11.5 Å². The van der Waals surface area contributed by atoms with Gasteiger partial charge < -0.3 is 11.5 Å². The second kappa shape index (κ2) is 3.34. The van der Waals surface area contributed by atoms with Gasteiger partial charge in [-0.15, -0.1) is 0 Å². The predicted octanol–water partition coefficient (Wildman–Crippen LogP) is 2.24. The van der Waals surface area contributed by atoms with Crippen LogP contribution in [-0.4, -0.2) is 9.97 Å². The number of aromatic nitrogens is 2. The zero-order valence-electron chi connectivity index (χ0n) is 9.76. The van der Waals surface area contributed by atoms with E-state index in [1.54, 1.807) is 0 Å². The Morgan fingerprint density at radius 2 is 1.19 bits per heavy atom. The summed E-state index contributed by atoms with van der Waals surface area (Å²) in [5.74, 6) is 0.694. The Morgan fingerprint density at radius 3 is 1.50 bits per heavy atom. The van der Waals surface area contributed by atoms with Crippen molar-refractivity contribution in [3.8, 4) is 0 Å². The van der Waals surface area contributed by atoms with Crippen LogP contribution in [0.3, 0.4) is 0 Å². The number of nitrogens with zero attached hydrogens (tertiary/aromatic N) is 2. The van der Waals surface area contributed by atoms with Crippen molar-refractivity contribution in [3.05, 3.63) is 11.4 Å². The second-order valence-corrected chi connectivity index (χ2v) is 5.64. The SMILES string of the molecule is C.CC1(C)CC(C)(C)c2nc(N)c(N)nc21. The summed E-state index contributed by atoms with van der Waals surface area (Å²) in [5, 5.41) is 0. The van der Waals surface area contributed by atoms with E-state index in [1.807, 2.05) is 0 Å². The Hall–Kier alpha value is -1.32. The number of hydrogen-bond donors (Lipinski definition) is 2. The molecule has 1 aliphatic carbocycles. The number of nitrogen functional groups attached to an aromatic ring is 2. The first kappa shape index (κ1) is 12.7. The molecule has 4 heteroatoms. The highest BCUT2D eigenvalue weighted by atomic mass is 15.0. The molecule has 2 rings (SSSR count). The summed E-state index contributed by atoms with van der Waals surface area (Å²) in [6.07, 6.45) is 1.03. The van der Waals surface area contributed by atoms with Crippen LogP contribution in [-0.2, 0) is 10.8 Å². The van der Waals surface area contributed by atoms with E-state index < -0.39 is 0 Å². The number of hydrogen-bond acceptors (Lipinski definition) is 4. The van der Waals surface area contributed by atoms with Gasteiger partial charge in [0.15, 0.2) is 11.6 Å². The Balaban J connectivity index is 0.00000128. The van der Waals surface area contributed by atoms with Crippen molar-refractivity contribution in [3.63, 3.8) is 0 Å². The summed E-state index contributed by atoms with van der Waals surface area (Å²) in [7, 11) is 0. The number of nitrogens with two attached hydrogens (primary N) is 2. The molecule has 0 saturated heterocycles. The van der Waals surface area contributed by atoms with Gasteiger partial charge in [-0.05, 0) is 6.42 Å². The molecule has 4 N–H and O–H groups in total. The van der Waals surface area contributed by atoms with E-state index >= 15 is 0 Å². The molecular weight excluding hydrogens is 200 g/mol. The van der Waals surface area contributed by atoms with Gasteiger partial charge in [0, 0.05) is 10.8 Å². The number of rotatable bonds is 0. The minimum Gasteiger partial charge on any atom is -0.381 e. The van der Waals surface area contributed by atoms with Gasteiger partial charge >= 0.3 is 0 Å². The first-order valence-electron chi connectivity index (χ1n) is 5.18. The van der Waals surface area contributed by atoms with Crippen LogP contribution < -0.4 is 11.5 Å². The summed E-state index contributed by atoms with van der Waals surface area (Å²) in [6.45, 7) is 8.69. The average molecular weight is 222 g/mol. The maximum absolute atomic E-state index is 5.70. The zero-order chi connectivity index (χ0) is 11.4. The summed E-state index contributed by atoms with van der Waals surface area (Å²) in [4.78, 5) is 8.78. The highest BCUT2D eigenvalue weighted by molar-refractivity contribution is 5.55. The molecule has 0 amide bonds. The minimum atomic E-state index is 0. The van der Waals surface area contributed by atoms with Crippen LogP contribution in [0.1, 0.15) is 52.9 Å². The summed E-state index contributed by atoms with van der Waals surface area (Å²) in [6, 6.07) is 0.